The Morgan fingerprint density at radius 3 is 2.44 bits per heavy atom. The van der Waals surface area contributed by atoms with Crippen LogP contribution in [0.3, 0.4) is 0 Å². The van der Waals surface area contributed by atoms with Gasteiger partial charge >= 0.3 is 0 Å². The summed E-state index contributed by atoms with van der Waals surface area (Å²) in [5.74, 6) is -0.167. The molecule has 0 radical (unpaired) electrons. The van der Waals surface area contributed by atoms with E-state index in [1.54, 1.807) is 11.0 Å². The maximum atomic E-state index is 13.5. The zero-order valence-corrected chi connectivity index (χ0v) is 19.1. The van der Waals surface area contributed by atoms with Gasteiger partial charge in [0.2, 0.25) is 0 Å². The number of benzene rings is 2. The Hall–Kier alpha value is -3.15. The number of fused-ring (bicyclic) bond motifs is 1. The number of piperidine rings is 1. The lowest BCUT2D eigenvalue weighted by Crippen LogP contribution is -2.33. The third-order valence-corrected chi connectivity index (χ3v) is 6.24. The van der Waals surface area contributed by atoms with Gasteiger partial charge in [-0.05, 0) is 43.4 Å². The highest BCUT2D eigenvalue weighted by molar-refractivity contribution is 6.04. The van der Waals surface area contributed by atoms with E-state index in [0.29, 0.717) is 29.6 Å². The zero-order valence-electron chi connectivity index (χ0n) is 19.1. The Balaban J connectivity index is 1.65. The molecule has 0 spiro atoms. The van der Waals surface area contributed by atoms with Crippen molar-refractivity contribution in [3.8, 4) is 0 Å². The highest BCUT2D eigenvalue weighted by Crippen LogP contribution is 2.26. The molecular formula is C26H32N4O2. The minimum Gasteiger partial charge on any atom is -0.371 e. The van der Waals surface area contributed by atoms with E-state index < -0.39 is 0 Å². The van der Waals surface area contributed by atoms with Crippen molar-refractivity contribution < 1.29 is 4.79 Å². The topological polar surface area (TPSA) is 58.4 Å². The van der Waals surface area contributed by atoms with Crippen LogP contribution in [0.5, 0.6) is 0 Å². The molecule has 1 aliphatic rings. The second-order valence-electron chi connectivity index (χ2n) is 8.61. The van der Waals surface area contributed by atoms with Gasteiger partial charge in [0.25, 0.3) is 11.5 Å². The minimum absolute atomic E-state index is 0.135. The Labute approximate surface area is 189 Å². The molecule has 0 bridgehead atoms. The average molecular weight is 433 g/mol. The van der Waals surface area contributed by atoms with Gasteiger partial charge in [-0.25, -0.2) is 4.68 Å². The van der Waals surface area contributed by atoms with Gasteiger partial charge in [0.15, 0.2) is 5.69 Å². The van der Waals surface area contributed by atoms with Crippen LogP contribution in [0.15, 0.2) is 53.3 Å². The summed E-state index contributed by atoms with van der Waals surface area (Å²) in [6, 6.07) is 15.6. The molecule has 0 aliphatic carbocycles. The van der Waals surface area contributed by atoms with Crippen LogP contribution < -0.4 is 10.5 Å². The first-order chi connectivity index (χ1) is 15.6. The summed E-state index contributed by atoms with van der Waals surface area (Å²) >= 11 is 0. The third-order valence-electron chi connectivity index (χ3n) is 6.24. The van der Waals surface area contributed by atoms with Gasteiger partial charge in [0.05, 0.1) is 5.39 Å². The van der Waals surface area contributed by atoms with Crippen LogP contribution in [-0.4, -0.2) is 40.7 Å². The summed E-state index contributed by atoms with van der Waals surface area (Å²) in [6.45, 7) is 5.20. The number of rotatable bonds is 7. The van der Waals surface area contributed by atoms with E-state index in [4.69, 9.17) is 0 Å². The Morgan fingerprint density at radius 2 is 1.69 bits per heavy atom. The van der Waals surface area contributed by atoms with E-state index in [9.17, 15) is 9.59 Å². The van der Waals surface area contributed by atoms with E-state index in [1.165, 1.54) is 29.6 Å². The molecule has 168 valence electrons. The second-order valence-corrected chi connectivity index (χ2v) is 8.61. The molecule has 2 heterocycles. The number of hydrogen-bond donors (Lipinski definition) is 0. The molecule has 4 rings (SSSR count). The quantitative estimate of drug-likeness (QED) is 0.553. The summed E-state index contributed by atoms with van der Waals surface area (Å²) in [7, 11) is 1.81. The van der Waals surface area contributed by atoms with Gasteiger partial charge in [-0.3, -0.25) is 9.59 Å². The smallest absolute Gasteiger partial charge is 0.274 e. The Bertz CT molecular complexity index is 1150. The van der Waals surface area contributed by atoms with Crippen LogP contribution >= 0.6 is 0 Å². The number of nitrogens with zero attached hydrogens (tertiary/aromatic N) is 4. The highest BCUT2D eigenvalue weighted by Gasteiger charge is 2.22. The standard InChI is InChI=1S/C26H32N4O2/c1-3-4-18-30-25(31)22-14-8-7-13-21(22)24(27-30)26(32)28(2)19-20-12-6-9-15-23(20)29-16-10-5-11-17-29/h6-9,12-15H,3-5,10-11,16-19H2,1-2H3. The highest BCUT2D eigenvalue weighted by atomic mass is 16.2. The van der Waals surface area contributed by atoms with E-state index in [1.807, 2.05) is 31.3 Å². The molecule has 3 aromatic rings. The first kappa shape index (κ1) is 22.1. The lowest BCUT2D eigenvalue weighted by Gasteiger charge is -2.31. The van der Waals surface area contributed by atoms with Crippen LogP contribution in [0.1, 0.15) is 55.1 Å². The van der Waals surface area contributed by atoms with Crippen molar-refractivity contribution in [3.05, 3.63) is 70.1 Å². The number of anilines is 1. The average Bonchev–Trinajstić information content (AvgIpc) is 2.84. The molecule has 1 amide bonds. The number of para-hydroxylation sites is 1. The van der Waals surface area contributed by atoms with Crippen LogP contribution in [0, 0.1) is 0 Å². The van der Waals surface area contributed by atoms with Crippen molar-refractivity contribution in [3.63, 3.8) is 0 Å². The second kappa shape index (κ2) is 9.98. The van der Waals surface area contributed by atoms with E-state index in [-0.39, 0.29) is 11.5 Å². The van der Waals surface area contributed by atoms with Gasteiger partial charge in [-0.15, -0.1) is 0 Å². The first-order valence-electron chi connectivity index (χ1n) is 11.7. The van der Waals surface area contributed by atoms with Gasteiger partial charge in [-0.2, -0.15) is 5.10 Å². The van der Waals surface area contributed by atoms with E-state index >= 15 is 0 Å². The zero-order chi connectivity index (χ0) is 22.5. The van der Waals surface area contributed by atoms with Gasteiger partial charge in [0, 0.05) is 44.3 Å². The molecule has 0 saturated carbocycles. The van der Waals surface area contributed by atoms with Gasteiger partial charge in [-0.1, -0.05) is 49.7 Å². The largest absolute Gasteiger partial charge is 0.371 e. The lowest BCUT2D eigenvalue weighted by molar-refractivity contribution is 0.0779. The van der Waals surface area contributed by atoms with Crippen LogP contribution in [-0.2, 0) is 13.1 Å². The van der Waals surface area contributed by atoms with Crippen molar-refractivity contribution in [1.82, 2.24) is 14.7 Å². The number of carbonyl (C=O) groups excluding carboxylic acids is 1. The van der Waals surface area contributed by atoms with Gasteiger partial charge in [0.1, 0.15) is 0 Å². The molecule has 1 fully saturated rings. The fraction of sp³-hybridized carbons (Fsp3) is 0.423. The molecule has 1 aromatic heterocycles. The number of unbranched alkanes of at least 4 members (excludes halogenated alkanes) is 1. The molecule has 0 N–H and O–H groups in total. The summed E-state index contributed by atoms with van der Waals surface area (Å²) in [4.78, 5) is 30.5. The van der Waals surface area contributed by atoms with Crippen molar-refractivity contribution in [2.45, 2.75) is 52.1 Å². The number of aromatic nitrogens is 2. The van der Waals surface area contributed by atoms with E-state index in [0.717, 1.165) is 31.5 Å². The first-order valence-corrected chi connectivity index (χ1v) is 11.7. The van der Waals surface area contributed by atoms with Gasteiger partial charge < -0.3 is 9.80 Å². The molecule has 6 heteroatoms. The summed E-state index contributed by atoms with van der Waals surface area (Å²) in [5.41, 5.74) is 2.55. The van der Waals surface area contributed by atoms with Crippen molar-refractivity contribution in [2.75, 3.05) is 25.0 Å². The molecule has 0 unspecified atom stereocenters. The number of amides is 1. The number of aryl methyl sites for hydroxylation is 1. The Morgan fingerprint density at radius 1 is 1.00 bits per heavy atom. The minimum atomic E-state index is -0.167. The maximum absolute atomic E-state index is 13.5. The van der Waals surface area contributed by atoms with E-state index in [2.05, 4.69) is 35.1 Å². The molecule has 2 aromatic carbocycles. The van der Waals surface area contributed by atoms with Crippen LogP contribution in [0.2, 0.25) is 0 Å². The normalized spacial score (nSPS) is 14.0. The fourth-order valence-corrected chi connectivity index (χ4v) is 4.45. The predicted octanol–water partition coefficient (Wildman–Crippen LogP) is 4.46. The van der Waals surface area contributed by atoms with Crippen LogP contribution in [0.4, 0.5) is 5.69 Å². The van der Waals surface area contributed by atoms with Crippen LogP contribution in [0.25, 0.3) is 10.8 Å². The monoisotopic (exact) mass is 432 g/mol. The molecule has 1 saturated heterocycles. The summed E-state index contributed by atoms with van der Waals surface area (Å²) in [6.07, 6.45) is 5.50. The Kier molecular flexibility index (Phi) is 6.88. The molecule has 6 nitrogen and oxygen atoms in total. The van der Waals surface area contributed by atoms with Crippen molar-refractivity contribution in [2.24, 2.45) is 0 Å². The SMILES string of the molecule is CCCCn1nc(C(=O)N(C)Cc2ccccc2N2CCCCC2)c2ccccc2c1=O. The summed E-state index contributed by atoms with van der Waals surface area (Å²) < 4.78 is 1.45. The number of carbonyl (C=O) groups is 1. The van der Waals surface area contributed by atoms with Crippen molar-refractivity contribution >= 4 is 22.4 Å². The maximum Gasteiger partial charge on any atom is 0.274 e. The fourth-order valence-electron chi connectivity index (χ4n) is 4.45. The molecule has 32 heavy (non-hydrogen) atoms. The molecule has 0 atom stereocenters. The number of hydrogen-bond acceptors (Lipinski definition) is 4. The summed E-state index contributed by atoms with van der Waals surface area (Å²) in [5, 5.41) is 5.68. The molecular weight excluding hydrogens is 400 g/mol. The van der Waals surface area contributed by atoms with Crippen molar-refractivity contribution in [1.29, 1.82) is 0 Å². The third kappa shape index (κ3) is 4.54. The predicted molar refractivity (Wildman–Crippen MR) is 129 cm³/mol. The lowest BCUT2D eigenvalue weighted by atomic mass is 10.1. The molecule has 1 aliphatic heterocycles.